The van der Waals surface area contributed by atoms with Crippen LogP contribution >= 0.6 is 0 Å². The van der Waals surface area contributed by atoms with Crippen LogP contribution in [0.3, 0.4) is 0 Å². The van der Waals surface area contributed by atoms with Gasteiger partial charge in [0.15, 0.2) is 0 Å². The van der Waals surface area contributed by atoms with Crippen molar-refractivity contribution in [3.8, 4) is 0 Å². The van der Waals surface area contributed by atoms with Gasteiger partial charge in [0.1, 0.15) is 6.54 Å². The molecular formula is C14H24N2O3. The molecule has 2 aliphatic rings. The van der Waals surface area contributed by atoms with Gasteiger partial charge in [-0.05, 0) is 37.6 Å². The van der Waals surface area contributed by atoms with E-state index in [0.717, 1.165) is 19.4 Å². The van der Waals surface area contributed by atoms with Crippen LogP contribution in [0.1, 0.15) is 32.6 Å². The smallest absolute Gasteiger partial charge is 0.325 e. The van der Waals surface area contributed by atoms with Gasteiger partial charge in [0, 0.05) is 6.54 Å². The van der Waals surface area contributed by atoms with Gasteiger partial charge in [-0.3, -0.25) is 9.59 Å². The topological polar surface area (TPSA) is 58.6 Å². The van der Waals surface area contributed by atoms with Crippen LogP contribution in [0.2, 0.25) is 0 Å². The van der Waals surface area contributed by atoms with Crippen molar-refractivity contribution in [3.05, 3.63) is 0 Å². The summed E-state index contributed by atoms with van der Waals surface area (Å²) in [4.78, 5) is 25.6. The van der Waals surface area contributed by atoms with Crippen molar-refractivity contribution in [3.63, 3.8) is 0 Å². The molecular weight excluding hydrogens is 244 g/mol. The molecule has 2 rings (SSSR count). The maximum Gasteiger partial charge on any atom is 0.325 e. The highest BCUT2D eigenvalue weighted by Crippen LogP contribution is 2.38. The van der Waals surface area contributed by atoms with Gasteiger partial charge in [0.2, 0.25) is 5.91 Å². The fourth-order valence-corrected chi connectivity index (χ4v) is 3.41. The lowest BCUT2D eigenvalue weighted by atomic mass is 9.93. The maximum absolute atomic E-state index is 12.6. The van der Waals surface area contributed by atoms with E-state index in [-0.39, 0.29) is 24.5 Å². The Morgan fingerprint density at radius 2 is 2.16 bits per heavy atom. The molecule has 19 heavy (non-hydrogen) atoms. The molecule has 1 heterocycles. The maximum atomic E-state index is 12.6. The van der Waals surface area contributed by atoms with Crippen LogP contribution in [0.4, 0.5) is 0 Å². The molecule has 0 aromatic rings. The van der Waals surface area contributed by atoms with E-state index in [9.17, 15) is 9.59 Å². The molecule has 0 aromatic carbocycles. The van der Waals surface area contributed by atoms with Crippen LogP contribution in [0, 0.1) is 11.8 Å². The van der Waals surface area contributed by atoms with Crippen LogP contribution in [0.5, 0.6) is 0 Å². The second kappa shape index (κ2) is 6.37. The third-order valence-corrected chi connectivity index (χ3v) is 4.36. The van der Waals surface area contributed by atoms with E-state index in [0.29, 0.717) is 18.4 Å². The molecule has 3 atom stereocenters. The molecule has 0 bridgehead atoms. The summed E-state index contributed by atoms with van der Waals surface area (Å²) in [7, 11) is 1.36. The Bertz CT molecular complexity index is 346. The number of nitrogens with zero attached hydrogens (tertiary/aromatic N) is 1. The van der Waals surface area contributed by atoms with E-state index < -0.39 is 0 Å². The first-order valence-electron chi connectivity index (χ1n) is 7.26. The third-order valence-electron chi connectivity index (χ3n) is 4.36. The minimum absolute atomic E-state index is 0.0682. The standard InChI is InChI=1S/C14H24N2O3/c1-3-7-16(9-12(17)19-2)14(18)13-11-6-4-5-10(11)8-15-13/h10-11,13,15H,3-9H2,1-2H3. The molecule has 1 saturated heterocycles. The fraction of sp³-hybridized carbons (Fsp3) is 0.857. The number of methoxy groups -OCH3 is 1. The van der Waals surface area contributed by atoms with Gasteiger partial charge >= 0.3 is 5.97 Å². The number of carbonyl (C=O) groups is 2. The van der Waals surface area contributed by atoms with Gasteiger partial charge in [-0.15, -0.1) is 0 Å². The quantitative estimate of drug-likeness (QED) is 0.749. The number of rotatable bonds is 5. The normalized spacial score (nSPS) is 29.1. The summed E-state index contributed by atoms with van der Waals surface area (Å²) in [6, 6.07) is -0.0938. The molecule has 1 amide bonds. The Hall–Kier alpha value is -1.10. The van der Waals surface area contributed by atoms with Crippen molar-refractivity contribution in [2.24, 2.45) is 11.8 Å². The van der Waals surface area contributed by atoms with Crippen LogP contribution < -0.4 is 5.32 Å². The Morgan fingerprint density at radius 3 is 2.84 bits per heavy atom. The molecule has 108 valence electrons. The molecule has 1 saturated carbocycles. The van der Waals surface area contributed by atoms with Crippen LogP contribution in [0.25, 0.3) is 0 Å². The Balaban J connectivity index is 2.00. The first kappa shape index (κ1) is 14.3. The van der Waals surface area contributed by atoms with Crippen molar-refractivity contribution in [1.29, 1.82) is 0 Å². The van der Waals surface area contributed by atoms with E-state index in [1.807, 2.05) is 6.92 Å². The fourth-order valence-electron chi connectivity index (χ4n) is 3.41. The van der Waals surface area contributed by atoms with E-state index in [2.05, 4.69) is 10.1 Å². The molecule has 2 fully saturated rings. The summed E-state index contributed by atoms with van der Waals surface area (Å²) < 4.78 is 4.67. The first-order valence-corrected chi connectivity index (χ1v) is 7.26. The molecule has 1 aliphatic carbocycles. The summed E-state index contributed by atoms with van der Waals surface area (Å²) in [5, 5.41) is 3.35. The van der Waals surface area contributed by atoms with Crippen molar-refractivity contribution in [1.82, 2.24) is 10.2 Å². The van der Waals surface area contributed by atoms with Crippen molar-refractivity contribution < 1.29 is 14.3 Å². The Morgan fingerprint density at radius 1 is 1.37 bits per heavy atom. The SMILES string of the molecule is CCCN(CC(=O)OC)C(=O)C1NCC2CCCC21. The Kier molecular flexibility index (Phi) is 4.80. The average molecular weight is 268 g/mol. The second-order valence-corrected chi connectivity index (χ2v) is 5.58. The van der Waals surface area contributed by atoms with Gasteiger partial charge in [-0.25, -0.2) is 0 Å². The number of hydrogen-bond acceptors (Lipinski definition) is 4. The summed E-state index contributed by atoms with van der Waals surface area (Å²) in [6.45, 7) is 3.64. The molecule has 5 nitrogen and oxygen atoms in total. The zero-order chi connectivity index (χ0) is 13.8. The summed E-state index contributed by atoms with van der Waals surface area (Å²) in [5.41, 5.74) is 0. The van der Waals surface area contributed by atoms with Gasteiger partial charge in [0.05, 0.1) is 13.2 Å². The minimum Gasteiger partial charge on any atom is -0.468 e. The molecule has 3 unspecified atom stereocenters. The highest BCUT2D eigenvalue weighted by molar-refractivity contribution is 5.86. The van der Waals surface area contributed by atoms with Crippen molar-refractivity contribution >= 4 is 11.9 Å². The highest BCUT2D eigenvalue weighted by Gasteiger charge is 2.43. The molecule has 5 heteroatoms. The van der Waals surface area contributed by atoms with Gasteiger partial charge in [0.25, 0.3) is 0 Å². The summed E-state index contributed by atoms with van der Waals surface area (Å²) in [5.74, 6) is 0.837. The zero-order valence-corrected chi connectivity index (χ0v) is 11.9. The van der Waals surface area contributed by atoms with Crippen molar-refractivity contribution in [2.45, 2.75) is 38.6 Å². The van der Waals surface area contributed by atoms with E-state index in [1.165, 1.54) is 20.0 Å². The highest BCUT2D eigenvalue weighted by atomic mass is 16.5. The second-order valence-electron chi connectivity index (χ2n) is 5.58. The monoisotopic (exact) mass is 268 g/mol. The molecule has 1 N–H and O–H groups in total. The largest absolute Gasteiger partial charge is 0.468 e. The third kappa shape index (κ3) is 3.08. The number of esters is 1. The predicted molar refractivity (Wildman–Crippen MR) is 71.5 cm³/mol. The molecule has 0 spiro atoms. The predicted octanol–water partition coefficient (Wildman–Crippen LogP) is 0.786. The van der Waals surface area contributed by atoms with E-state index in [4.69, 9.17) is 0 Å². The van der Waals surface area contributed by atoms with Gasteiger partial charge in [-0.2, -0.15) is 0 Å². The van der Waals surface area contributed by atoms with E-state index >= 15 is 0 Å². The lowest BCUT2D eigenvalue weighted by molar-refractivity contribution is -0.148. The first-order chi connectivity index (χ1) is 9.17. The van der Waals surface area contributed by atoms with Gasteiger partial charge in [-0.1, -0.05) is 13.3 Å². The van der Waals surface area contributed by atoms with E-state index in [1.54, 1.807) is 4.90 Å². The molecule has 0 aromatic heterocycles. The molecule has 1 aliphatic heterocycles. The number of carbonyl (C=O) groups excluding carboxylic acids is 2. The molecule has 0 radical (unpaired) electrons. The Labute approximate surface area is 114 Å². The lowest BCUT2D eigenvalue weighted by Gasteiger charge is -2.26. The van der Waals surface area contributed by atoms with Crippen LogP contribution in [0.15, 0.2) is 0 Å². The number of amides is 1. The number of nitrogens with one attached hydrogen (secondary N) is 1. The van der Waals surface area contributed by atoms with Crippen molar-refractivity contribution in [2.75, 3.05) is 26.7 Å². The zero-order valence-electron chi connectivity index (χ0n) is 11.9. The number of fused-ring (bicyclic) bond motifs is 1. The van der Waals surface area contributed by atoms with Crippen LogP contribution in [-0.2, 0) is 14.3 Å². The number of ether oxygens (including phenoxy) is 1. The summed E-state index contributed by atoms with van der Waals surface area (Å²) in [6.07, 6.45) is 4.44. The summed E-state index contributed by atoms with van der Waals surface area (Å²) >= 11 is 0. The average Bonchev–Trinajstić information content (AvgIpc) is 2.99. The lowest BCUT2D eigenvalue weighted by Crippen LogP contribution is -2.48. The van der Waals surface area contributed by atoms with Crippen LogP contribution in [-0.4, -0.2) is 49.6 Å². The number of hydrogen-bond donors (Lipinski definition) is 1. The minimum atomic E-state index is -0.345. The van der Waals surface area contributed by atoms with Gasteiger partial charge < -0.3 is 15.0 Å².